The quantitative estimate of drug-likeness (QED) is 0.153. The molecule has 0 saturated heterocycles. The largest absolute Gasteiger partial charge is 0.297 e. The molecule has 0 aliphatic carbocycles. The van der Waals surface area contributed by atoms with Gasteiger partial charge in [0.2, 0.25) is 0 Å². The minimum Gasteiger partial charge on any atom is -0.297 e. The number of rotatable bonds is 21. The maximum absolute atomic E-state index is 2.63. The second-order valence-electron chi connectivity index (χ2n) is 9.24. The van der Waals surface area contributed by atoms with E-state index in [1.165, 1.54) is 115 Å². The topological polar surface area (TPSA) is 3.24 Å². The summed E-state index contributed by atoms with van der Waals surface area (Å²) >= 11 is 0. The van der Waals surface area contributed by atoms with E-state index in [4.69, 9.17) is 0 Å². The van der Waals surface area contributed by atoms with Crippen LogP contribution in [0.2, 0.25) is 0 Å². The van der Waals surface area contributed by atoms with Gasteiger partial charge in [-0.15, -0.1) is 17.0 Å². The van der Waals surface area contributed by atoms with Crippen LogP contribution in [0.15, 0.2) is 30.3 Å². The molecule has 0 N–H and O–H groups in total. The van der Waals surface area contributed by atoms with E-state index in [1.54, 1.807) is 0 Å². The minimum atomic E-state index is 0. The average Bonchev–Trinajstić information content (AvgIpc) is 2.78. The Labute approximate surface area is 206 Å². The lowest BCUT2D eigenvalue weighted by atomic mass is 9.97. The number of hydrogen-bond acceptors (Lipinski definition) is 1. The summed E-state index contributed by atoms with van der Waals surface area (Å²) in [5.74, 6) is 0. The molecule has 31 heavy (non-hydrogen) atoms. The minimum absolute atomic E-state index is 0. The fourth-order valence-electron chi connectivity index (χ4n) is 4.79. The predicted octanol–water partition coefficient (Wildman–Crippen LogP) is 10.3. The van der Waals surface area contributed by atoms with Crippen molar-refractivity contribution in [2.75, 3.05) is 13.1 Å². The van der Waals surface area contributed by atoms with Crippen LogP contribution in [-0.4, -0.2) is 18.0 Å². The molecule has 0 heterocycles. The maximum Gasteiger partial charge on any atom is 0.0347 e. The zero-order valence-electron chi connectivity index (χ0n) is 21.3. The standard InChI is InChI=1S/C29H53N.BrH/c1-4-7-8-9-10-11-12-13-14-15-16-17-18-19-20-24-27-29(30(5-2)6-3)28-25-22-21-23-26-28;/h21-23,25-26,29H,4-20,24,27H2,1-3H3;1H. The summed E-state index contributed by atoms with van der Waals surface area (Å²) < 4.78 is 0. The van der Waals surface area contributed by atoms with E-state index in [0.717, 1.165) is 13.1 Å². The van der Waals surface area contributed by atoms with Crippen LogP contribution in [0.1, 0.15) is 142 Å². The molecule has 1 atom stereocenters. The highest BCUT2D eigenvalue weighted by atomic mass is 79.9. The molecule has 2 heteroatoms. The van der Waals surface area contributed by atoms with Crippen molar-refractivity contribution in [3.05, 3.63) is 35.9 Å². The first-order valence-corrected chi connectivity index (χ1v) is 13.6. The molecule has 0 aliphatic rings. The molecule has 0 spiro atoms. The van der Waals surface area contributed by atoms with Crippen molar-refractivity contribution in [1.82, 2.24) is 4.90 Å². The molecule has 1 rings (SSSR count). The third kappa shape index (κ3) is 16.0. The van der Waals surface area contributed by atoms with Gasteiger partial charge in [0, 0.05) is 6.04 Å². The molecule has 0 aromatic heterocycles. The number of hydrogen-bond donors (Lipinski definition) is 0. The lowest BCUT2D eigenvalue weighted by molar-refractivity contribution is 0.204. The van der Waals surface area contributed by atoms with Gasteiger partial charge in [0.25, 0.3) is 0 Å². The Balaban J connectivity index is 0.00000900. The fourth-order valence-corrected chi connectivity index (χ4v) is 4.79. The summed E-state index contributed by atoms with van der Waals surface area (Å²) in [4.78, 5) is 2.63. The zero-order chi connectivity index (χ0) is 21.7. The second kappa shape index (κ2) is 22.8. The highest BCUT2D eigenvalue weighted by molar-refractivity contribution is 8.93. The Kier molecular flexibility index (Phi) is 22.6. The van der Waals surface area contributed by atoms with Crippen LogP contribution in [0.5, 0.6) is 0 Å². The van der Waals surface area contributed by atoms with Gasteiger partial charge in [-0.25, -0.2) is 0 Å². The zero-order valence-corrected chi connectivity index (χ0v) is 23.0. The molecule has 0 radical (unpaired) electrons. The Hall–Kier alpha value is -0.340. The van der Waals surface area contributed by atoms with Crippen molar-refractivity contribution < 1.29 is 0 Å². The second-order valence-corrected chi connectivity index (χ2v) is 9.24. The van der Waals surface area contributed by atoms with Crippen LogP contribution in [0.25, 0.3) is 0 Å². The van der Waals surface area contributed by atoms with E-state index < -0.39 is 0 Å². The smallest absolute Gasteiger partial charge is 0.0347 e. The van der Waals surface area contributed by atoms with Crippen molar-refractivity contribution in [1.29, 1.82) is 0 Å². The molecule has 1 aromatic carbocycles. The molecule has 0 saturated carbocycles. The molecule has 0 aliphatic heterocycles. The number of unbranched alkanes of at least 4 members (excludes halogenated alkanes) is 15. The molecule has 1 nitrogen and oxygen atoms in total. The lowest BCUT2D eigenvalue weighted by Crippen LogP contribution is -2.28. The summed E-state index contributed by atoms with van der Waals surface area (Å²) in [5.41, 5.74) is 1.50. The fraction of sp³-hybridized carbons (Fsp3) is 0.793. The van der Waals surface area contributed by atoms with Gasteiger partial charge in [0.1, 0.15) is 0 Å². The number of benzene rings is 1. The van der Waals surface area contributed by atoms with Crippen LogP contribution in [0.4, 0.5) is 0 Å². The molecule has 0 amide bonds. The Bertz CT molecular complexity index is 457. The molecule has 1 aromatic rings. The SMILES string of the molecule is Br.CCCCCCCCCCCCCCCCCCC(c1ccccc1)N(CC)CC. The van der Waals surface area contributed by atoms with E-state index in [1.807, 2.05) is 0 Å². The maximum atomic E-state index is 2.63. The van der Waals surface area contributed by atoms with E-state index in [-0.39, 0.29) is 17.0 Å². The summed E-state index contributed by atoms with van der Waals surface area (Å²) in [6, 6.07) is 11.8. The van der Waals surface area contributed by atoms with Gasteiger partial charge in [0.15, 0.2) is 0 Å². The van der Waals surface area contributed by atoms with Gasteiger partial charge in [-0.1, -0.05) is 154 Å². The summed E-state index contributed by atoms with van der Waals surface area (Å²) in [6.45, 7) is 9.19. The van der Waals surface area contributed by atoms with Crippen LogP contribution < -0.4 is 0 Å². The first-order valence-electron chi connectivity index (χ1n) is 13.6. The summed E-state index contributed by atoms with van der Waals surface area (Å²) in [7, 11) is 0. The molecular formula is C29H54BrN. The third-order valence-electron chi connectivity index (χ3n) is 6.77. The number of halogens is 1. The average molecular weight is 497 g/mol. The van der Waals surface area contributed by atoms with Crippen molar-refractivity contribution in [2.24, 2.45) is 0 Å². The third-order valence-corrected chi connectivity index (χ3v) is 6.77. The van der Waals surface area contributed by atoms with Gasteiger partial charge < -0.3 is 0 Å². The molecular weight excluding hydrogens is 442 g/mol. The first-order chi connectivity index (χ1) is 14.8. The van der Waals surface area contributed by atoms with E-state index in [0.29, 0.717) is 6.04 Å². The summed E-state index contributed by atoms with van der Waals surface area (Å²) in [6.07, 6.45) is 24.4. The molecule has 182 valence electrons. The number of nitrogens with zero attached hydrogens (tertiary/aromatic N) is 1. The Morgan fingerprint density at radius 3 is 1.32 bits per heavy atom. The van der Waals surface area contributed by atoms with Crippen molar-refractivity contribution in [3.63, 3.8) is 0 Å². The molecule has 0 fully saturated rings. The molecule has 0 bridgehead atoms. The van der Waals surface area contributed by atoms with Gasteiger partial charge in [-0.3, -0.25) is 4.90 Å². The first kappa shape index (κ1) is 30.7. The van der Waals surface area contributed by atoms with Crippen LogP contribution in [0, 0.1) is 0 Å². The molecule has 1 unspecified atom stereocenters. The van der Waals surface area contributed by atoms with E-state index in [2.05, 4.69) is 56.0 Å². The van der Waals surface area contributed by atoms with Gasteiger partial charge in [0.05, 0.1) is 0 Å². The monoisotopic (exact) mass is 495 g/mol. The van der Waals surface area contributed by atoms with Crippen LogP contribution in [-0.2, 0) is 0 Å². The van der Waals surface area contributed by atoms with Gasteiger partial charge in [-0.05, 0) is 25.1 Å². The Morgan fingerprint density at radius 1 is 0.548 bits per heavy atom. The normalized spacial score (nSPS) is 12.1. The predicted molar refractivity (Wildman–Crippen MR) is 147 cm³/mol. The van der Waals surface area contributed by atoms with Crippen LogP contribution >= 0.6 is 17.0 Å². The van der Waals surface area contributed by atoms with Crippen LogP contribution in [0.3, 0.4) is 0 Å². The van der Waals surface area contributed by atoms with Crippen molar-refractivity contribution in [2.45, 2.75) is 136 Å². The van der Waals surface area contributed by atoms with Gasteiger partial charge >= 0.3 is 0 Å². The Morgan fingerprint density at radius 2 is 0.935 bits per heavy atom. The van der Waals surface area contributed by atoms with E-state index in [9.17, 15) is 0 Å². The lowest BCUT2D eigenvalue weighted by Gasteiger charge is -2.30. The van der Waals surface area contributed by atoms with Gasteiger partial charge in [-0.2, -0.15) is 0 Å². The van der Waals surface area contributed by atoms with E-state index >= 15 is 0 Å². The summed E-state index contributed by atoms with van der Waals surface area (Å²) in [5, 5.41) is 0. The van der Waals surface area contributed by atoms with Crippen molar-refractivity contribution in [3.8, 4) is 0 Å². The highest BCUT2D eigenvalue weighted by Gasteiger charge is 2.16. The highest BCUT2D eigenvalue weighted by Crippen LogP contribution is 2.26. The van der Waals surface area contributed by atoms with Crippen molar-refractivity contribution >= 4 is 17.0 Å².